The average Bonchev–Trinajstić information content (AvgIpc) is 3.12. The third-order valence-corrected chi connectivity index (χ3v) is 6.05. The number of thiazole rings is 1. The number of hydrogen-bond acceptors (Lipinski definition) is 5. The molecule has 1 aromatic carbocycles. The van der Waals surface area contributed by atoms with E-state index in [1.807, 2.05) is 55.1 Å². The van der Waals surface area contributed by atoms with E-state index < -0.39 is 0 Å². The van der Waals surface area contributed by atoms with Crippen molar-refractivity contribution in [1.82, 2.24) is 20.2 Å². The molecule has 1 atom stereocenters. The van der Waals surface area contributed by atoms with Crippen LogP contribution in [-0.2, 0) is 6.42 Å². The van der Waals surface area contributed by atoms with Gasteiger partial charge in [-0.05, 0) is 38.1 Å². The molecule has 7 heteroatoms. The van der Waals surface area contributed by atoms with Crippen LogP contribution in [0.25, 0.3) is 10.2 Å². The van der Waals surface area contributed by atoms with E-state index in [1.54, 1.807) is 11.3 Å². The van der Waals surface area contributed by atoms with Crippen LogP contribution in [0.5, 0.6) is 0 Å². The number of piperazine rings is 1. The number of nitrogens with zero attached hydrogens (tertiary/aromatic N) is 4. The van der Waals surface area contributed by atoms with E-state index >= 15 is 0 Å². The summed E-state index contributed by atoms with van der Waals surface area (Å²) in [4.78, 5) is 26.0. The summed E-state index contributed by atoms with van der Waals surface area (Å²) in [5.41, 5.74) is 3.05. The summed E-state index contributed by atoms with van der Waals surface area (Å²) in [5, 5.41) is 4.15. The Bertz CT molecular complexity index is 931. The van der Waals surface area contributed by atoms with Gasteiger partial charge in [-0.2, -0.15) is 0 Å². The highest BCUT2D eigenvalue weighted by molar-refractivity contribution is 7.22. The zero-order valence-corrected chi connectivity index (χ0v) is 17.1. The highest BCUT2D eigenvalue weighted by atomic mass is 32.1. The molecule has 6 nitrogen and oxygen atoms in total. The lowest BCUT2D eigenvalue weighted by Crippen LogP contribution is -2.53. The van der Waals surface area contributed by atoms with Gasteiger partial charge in [0.25, 0.3) is 0 Å². The molecule has 0 aliphatic carbocycles. The summed E-state index contributed by atoms with van der Waals surface area (Å²) in [7, 11) is 0. The van der Waals surface area contributed by atoms with Gasteiger partial charge < -0.3 is 15.1 Å². The maximum absolute atomic E-state index is 12.6. The Morgan fingerprint density at radius 2 is 1.89 bits per heavy atom. The topological polar surface area (TPSA) is 61.4 Å². The summed E-state index contributed by atoms with van der Waals surface area (Å²) >= 11 is 1.72. The normalized spacial score (nSPS) is 15.6. The first-order valence-corrected chi connectivity index (χ1v) is 10.5. The fourth-order valence-electron chi connectivity index (χ4n) is 3.48. The Morgan fingerprint density at radius 1 is 1.11 bits per heavy atom. The number of fused-ring (bicyclic) bond motifs is 1. The predicted molar refractivity (Wildman–Crippen MR) is 114 cm³/mol. The van der Waals surface area contributed by atoms with Crippen LogP contribution in [0.2, 0.25) is 0 Å². The predicted octanol–water partition coefficient (Wildman–Crippen LogP) is 3.46. The van der Waals surface area contributed by atoms with Crippen molar-refractivity contribution >= 4 is 32.7 Å². The third kappa shape index (κ3) is 4.25. The van der Waals surface area contributed by atoms with Crippen LogP contribution < -0.4 is 10.2 Å². The first-order valence-electron chi connectivity index (χ1n) is 9.67. The smallest absolute Gasteiger partial charge is 0.317 e. The van der Waals surface area contributed by atoms with Crippen LogP contribution in [-0.4, -0.2) is 53.1 Å². The van der Waals surface area contributed by atoms with E-state index in [4.69, 9.17) is 4.98 Å². The molecular formula is C21H25N5OS. The van der Waals surface area contributed by atoms with Crippen LogP contribution in [0.3, 0.4) is 0 Å². The van der Waals surface area contributed by atoms with E-state index in [2.05, 4.69) is 21.3 Å². The lowest BCUT2D eigenvalue weighted by atomic mass is 10.1. The monoisotopic (exact) mass is 395 g/mol. The molecule has 1 N–H and O–H groups in total. The van der Waals surface area contributed by atoms with E-state index in [1.165, 1.54) is 4.70 Å². The number of anilines is 1. The van der Waals surface area contributed by atoms with Gasteiger partial charge in [0, 0.05) is 50.0 Å². The highest BCUT2D eigenvalue weighted by Gasteiger charge is 2.24. The van der Waals surface area contributed by atoms with Crippen LogP contribution in [0.4, 0.5) is 9.93 Å². The molecule has 3 heterocycles. The van der Waals surface area contributed by atoms with Gasteiger partial charge in [0.05, 0.1) is 10.2 Å². The minimum atomic E-state index is 0.00380. The molecule has 28 heavy (non-hydrogen) atoms. The molecule has 2 aromatic heterocycles. The summed E-state index contributed by atoms with van der Waals surface area (Å²) in [6, 6.07) is 14.3. The van der Waals surface area contributed by atoms with Crippen LogP contribution in [0.15, 0.2) is 42.5 Å². The van der Waals surface area contributed by atoms with Crippen molar-refractivity contribution in [2.24, 2.45) is 0 Å². The quantitative estimate of drug-likeness (QED) is 0.735. The molecule has 4 rings (SSSR count). The number of hydrogen-bond donors (Lipinski definition) is 1. The summed E-state index contributed by atoms with van der Waals surface area (Å²) in [6.07, 6.45) is 0.735. The molecule has 1 aliphatic heterocycles. The van der Waals surface area contributed by atoms with Crippen molar-refractivity contribution in [2.45, 2.75) is 26.3 Å². The molecule has 3 aromatic rings. The van der Waals surface area contributed by atoms with Crippen LogP contribution >= 0.6 is 11.3 Å². The zero-order chi connectivity index (χ0) is 19.5. The van der Waals surface area contributed by atoms with Crippen molar-refractivity contribution in [1.29, 1.82) is 0 Å². The molecular weight excluding hydrogens is 370 g/mol. The number of pyridine rings is 1. The van der Waals surface area contributed by atoms with Gasteiger partial charge in [-0.3, -0.25) is 4.98 Å². The first kappa shape index (κ1) is 18.7. The first-order chi connectivity index (χ1) is 13.6. The standard InChI is InChI=1S/C21H25N5OS/c1-15-6-5-7-17(22-15)14-16(2)23-20(27)25-10-12-26(13-11-25)21-24-18-8-3-4-9-19(18)28-21/h3-9,16H,10-14H2,1-2H3,(H,23,27)/t16-/m0/s1. The number of carbonyl (C=O) groups excluding carboxylic acids is 1. The van der Waals surface area contributed by atoms with Crippen molar-refractivity contribution < 1.29 is 4.79 Å². The number of carbonyl (C=O) groups is 1. The molecule has 0 spiro atoms. The molecule has 1 aliphatic rings. The molecule has 146 valence electrons. The highest BCUT2D eigenvalue weighted by Crippen LogP contribution is 2.29. The number of aromatic nitrogens is 2. The van der Waals surface area contributed by atoms with Gasteiger partial charge in [0.15, 0.2) is 5.13 Å². The molecule has 1 saturated heterocycles. The number of nitrogens with one attached hydrogen (secondary N) is 1. The van der Waals surface area contributed by atoms with E-state index in [0.717, 1.165) is 41.5 Å². The summed E-state index contributed by atoms with van der Waals surface area (Å²) in [6.45, 7) is 7.04. The summed E-state index contributed by atoms with van der Waals surface area (Å²) in [5.74, 6) is 0. The lowest BCUT2D eigenvalue weighted by Gasteiger charge is -2.35. The Morgan fingerprint density at radius 3 is 2.64 bits per heavy atom. The summed E-state index contributed by atoms with van der Waals surface area (Å²) < 4.78 is 1.20. The molecule has 0 radical (unpaired) electrons. The second kappa shape index (κ2) is 8.14. The van der Waals surface area contributed by atoms with Gasteiger partial charge in [-0.25, -0.2) is 9.78 Å². The van der Waals surface area contributed by atoms with Gasteiger partial charge in [-0.1, -0.05) is 29.5 Å². The Kier molecular flexibility index (Phi) is 5.43. The number of amides is 2. The van der Waals surface area contributed by atoms with Gasteiger partial charge in [0.1, 0.15) is 0 Å². The number of para-hydroxylation sites is 1. The van der Waals surface area contributed by atoms with Crippen molar-refractivity contribution in [2.75, 3.05) is 31.1 Å². The third-order valence-electron chi connectivity index (χ3n) is 4.95. The maximum Gasteiger partial charge on any atom is 0.317 e. The minimum Gasteiger partial charge on any atom is -0.345 e. The van der Waals surface area contributed by atoms with E-state index in [0.29, 0.717) is 13.1 Å². The number of benzene rings is 1. The SMILES string of the molecule is Cc1cccc(C[C@H](C)NC(=O)N2CCN(c3nc4ccccc4s3)CC2)n1. The van der Waals surface area contributed by atoms with Gasteiger partial charge in [-0.15, -0.1) is 0 Å². The van der Waals surface area contributed by atoms with Crippen molar-refractivity contribution in [3.63, 3.8) is 0 Å². The molecule has 0 bridgehead atoms. The Labute approximate surface area is 169 Å². The lowest BCUT2D eigenvalue weighted by molar-refractivity contribution is 0.191. The number of aryl methyl sites for hydroxylation is 1. The average molecular weight is 396 g/mol. The van der Waals surface area contributed by atoms with E-state index in [9.17, 15) is 4.79 Å². The fraction of sp³-hybridized carbons (Fsp3) is 0.381. The van der Waals surface area contributed by atoms with Crippen molar-refractivity contribution in [3.8, 4) is 0 Å². The minimum absolute atomic E-state index is 0.00380. The molecule has 2 amide bonds. The van der Waals surface area contributed by atoms with E-state index in [-0.39, 0.29) is 12.1 Å². The van der Waals surface area contributed by atoms with Gasteiger partial charge in [0.2, 0.25) is 0 Å². The fourth-order valence-corrected chi connectivity index (χ4v) is 4.49. The molecule has 0 saturated carbocycles. The van der Waals surface area contributed by atoms with Crippen LogP contribution in [0, 0.1) is 6.92 Å². The Balaban J connectivity index is 1.29. The molecule has 0 unspecified atom stereocenters. The molecule has 1 fully saturated rings. The largest absolute Gasteiger partial charge is 0.345 e. The maximum atomic E-state index is 12.6. The zero-order valence-electron chi connectivity index (χ0n) is 16.3. The van der Waals surface area contributed by atoms with Crippen LogP contribution in [0.1, 0.15) is 18.3 Å². The number of rotatable bonds is 4. The Hall–Kier alpha value is -2.67. The van der Waals surface area contributed by atoms with Gasteiger partial charge >= 0.3 is 6.03 Å². The van der Waals surface area contributed by atoms with Crippen molar-refractivity contribution in [3.05, 3.63) is 53.9 Å². The number of urea groups is 1. The second-order valence-corrected chi connectivity index (χ2v) is 8.27. The second-order valence-electron chi connectivity index (χ2n) is 7.26.